The maximum absolute atomic E-state index is 11.7. The van der Waals surface area contributed by atoms with Crippen LogP contribution in [0.15, 0.2) is 52.0 Å². The molecule has 1 aliphatic heterocycles. The molecule has 0 atom stereocenters. The van der Waals surface area contributed by atoms with Crippen molar-refractivity contribution in [3.63, 3.8) is 0 Å². The first-order chi connectivity index (χ1) is 11.2. The monoisotopic (exact) mass is 376 g/mol. The van der Waals surface area contributed by atoms with Gasteiger partial charge in [-0.05, 0) is 42.0 Å². The van der Waals surface area contributed by atoms with Crippen molar-refractivity contribution in [1.29, 1.82) is 0 Å². The highest BCUT2D eigenvalue weighted by molar-refractivity contribution is 9.10. The van der Waals surface area contributed by atoms with Gasteiger partial charge in [-0.2, -0.15) is 5.10 Å². The lowest BCUT2D eigenvalue weighted by Crippen LogP contribution is -2.24. The number of nitrogens with one attached hydrogen (secondary N) is 1. The van der Waals surface area contributed by atoms with Crippen molar-refractivity contribution < 1.29 is 19.0 Å². The molecule has 23 heavy (non-hydrogen) atoms. The molecular weight excluding hydrogens is 364 g/mol. The Bertz CT molecular complexity index is 749. The van der Waals surface area contributed by atoms with Gasteiger partial charge in [-0.3, -0.25) is 4.79 Å². The second-order valence-electron chi connectivity index (χ2n) is 4.65. The van der Waals surface area contributed by atoms with Crippen LogP contribution in [-0.4, -0.2) is 25.5 Å². The van der Waals surface area contributed by atoms with Gasteiger partial charge in [-0.1, -0.05) is 22.0 Å². The summed E-state index contributed by atoms with van der Waals surface area (Å²) in [6.45, 7) is 0.106. The van der Waals surface area contributed by atoms with E-state index in [2.05, 4.69) is 26.5 Å². The predicted molar refractivity (Wildman–Crippen MR) is 87.9 cm³/mol. The van der Waals surface area contributed by atoms with Crippen LogP contribution >= 0.6 is 15.9 Å². The van der Waals surface area contributed by atoms with Gasteiger partial charge in [0.1, 0.15) is 5.75 Å². The van der Waals surface area contributed by atoms with Crippen molar-refractivity contribution in [2.45, 2.75) is 0 Å². The highest BCUT2D eigenvalue weighted by Crippen LogP contribution is 2.31. The summed E-state index contributed by atoms with van der Waals surface area (Å²) < 4.78 is 16.7. The summed E-state index contributed by atoms with van der Waals surface area (Å²) in [5.41, 5.74) is 3.20. The standard InChI is InChI=1S/C16H13BrN2O4/c17-12-2-1-3-13(7-12)21-9-16(20)19-18-8-11-4-5-14-15(6-11)23-10-22-14/h1-8H,9-10H2,(H,19,20)/b18-8+. The Morgan fingerprint density at radius 2 is 2.13 bits per heavy atom. The van der Waals surface area contributed by atoms with Crippen molar-refractivity contribution in [2.75, 3.05) is 13.4 Å². The predicted octanol–water partition coefficient (Wildman–Crippen LogP) is 2.71. The first-order valence-electron chi connectivity index (χ1n) is 6.80. The quantitative estimate of drug-likeness (QED) is 0.643. The molecule has 2 aromatic rings. The average molecular weight is 377 g/mol. The fourth-order valence-electron chi connectivity index (χ4n) is 1.91. The first kappa shape index (κ1) is 15.4. The molecule has 0 radical (unpaired) electrons. The molecule has 1 heterocycles. The van der Waals surface area contributed by atoms with Crippen LogP contribution in [0.1, 0.15) is 5.56 Å². The molecule has 0 unspecified atom stereocenters. The second-order valence-corrected chi connectivity index (χ2v) is 5.57. The number of halogens is 1. The zero-order valence-electron chi connectivity index (χ0n) is 12.0. The number of hydrogen-bond donors (Lipinski definition) is 1. The number of ether oxygens (including phenoxy) is 3. The molecule has 0 bridgehead atoms. The Hall–Kier alpha value is -2.54. The fraction of sp³-hybridized carbons (Fsp3) is 0.125. The van der Waals surface area contributed by atoms with Gasteiger partial charge in [-0.15, -0.1) is 0 Å². The minimum Gasteiger partial charge on any atom is -0.484 e. The first-order valence-corrected chi connectivity index (χ1v) is 7.60. The van der Waals surface area contributed by atoms with Crippen molar-refractivity contribution in [2.24, 2.45) is 5.10 Å². The molecule has 0 aromatic heterocycles. The highest BCUT2D eigenvalue weighted by Gasteiger charge is 2.12. The van der Waals surface area contributed by atoms with E-state index in [1.807, 2.05) is 18.2 Å². The molecule has 0 spiro atoms. The van der Waals surface area contributed by atoms with E-state index in [-0.39, 0.29) is 19.3 Å². The van der Waals surface area contributed by atoms with Crippen LogP contribution in [-0.2, 0) is 4.79 Å². The fourth-order valence-corrected chi connectivity index (χ4v) is 2.29. The second kappa shape index (κ2) is 7.15. The van der Waals surface area contributed by atoms with E-state index in [1.165, 1.54) is 6.21 Å². The highest BCUT2D eigenvalue weighted by atomic mass is 79.9. The molecule has 0 fully saturated rings. The molecule has 0 aliphatic carbocycles. The Morgan fingerprint density at radius 1 is 1.26 bits per heavy atom. The SMILES string of the molecule is O=C(COc1cccc(Br)c1)N/N=C/c1ccc2c(c1)OCO2. The zero-order chi connectivity index (χ0) is 16.1. The Balaban J connectivity index is 1.48. The minimum atomic E-state index is -0.345. The topological polar surface area (TPSA) is 69.2 Å². The summed E-state index contributed by atoms with van der Waals surface area (Å²) in [6, 6.07) is 12.7. The molecule has 2 aromatic carbocycles. The molecule has 1 N–H and O–H groups in total. The van der Waals surface area contributed by atoms with Gasteiger partial charge in [0.05, 0.1) is 6.21 Å². The van der Waals surface area contributed by atoms with Gasteiger partial charge >= 0.3 is 0 Å². The molecule has 0 saturated heterocycles. The summed E-state index contributed by atoms with van der Waals surface area (Å²) in [7, 11) is 0. The van der Waals surface area contributed by atoms with E-state index in [4.69, 9.17) is 14.2 Å². The summed E-state index contributed by atoms with van der Waals surface area (Å²) in [5.74, 6) is 1.63. The lowest BCUT2D eigenvalue weighted by atomic mass is 10.2. The number of fused-ring (bicyclic) bond motifs is 1. The van der Waals surface area contributed by atoms with E-state index in [1.54, 1.807) is 24.3 Å². The van der Waals surface area contributed by atoms with Gasteiger partial charge in [0.25, 0.3) is 5.91 Å². The smallest absolute Gasteiger partial charge is 0.277 e. The van der Waals surface area contributed by atoms with Crippen molar-refractivity contribution in [3.8, 4) is 17.2 Å². The van der Waals surface area contributed by atoms with E-state index < -0.39 is 0 Å². The summed E-state index contributed by atoms with van der Waals surface area (Å²) >= 11 is 3.33. The molecule has 7 heteroatoms. The van der Waals surface area contributed by atoms with E-state index in [9.17, 15) is 4.79 Å². The van der Waals surface area contributed by atoms with Crippen LogP contribution in [0.2, 0.25) is 0 Å². The number of rotatable bonds is 5. The molecule has 0 saturated carbocycles. The number of hydrazone groups is 1. The Morgan fingerprint density at radius 3 is 3.00 bits per heavy atom. The van der Waals surface area contributed by atoms with Crippen LogP contribution in [0.5, 0.6) is 17.2 Å². The summed E-state index contributed by atoms with van der Waals surface area (Å²) in [5, 5.41) is 3.89. The number of benzene rings is 2. The third-order valence-corrected chi connectivity index (χ3v) is 3.46. The largest absolute Gasteiger partial charge is 0.484 e. The van der Waals surface area contributed by atoms with Crippen LogP contribution in [0.25, 0.3) is 0 Å². The van der Waals surface area contributed by atoms with Gasteiger partial charge in [0.15, 0.2) is 18.1 Å². The third kappa shape index (κ3) is 4.23. The van der Waals surface area contributed by atoms with Crippen LogP contribution in [0.4, 0.5) is 0 Å². The lowest BCUT2D eigenvalue weighted by molar-refractivity contribution is -0.123. The zero-order valence-corrected chi connectivity index (χ0v) is 13.6. The van der Waals surface area contributed by atoms with E-state index >= 15 is 0 Å². The van der Waals surface area contributed by atoms with E-state index in [0.29, 0.717) is 17.2 Å². The summed E-state index contributed by atoms with van der Waals surface area (Å²) in [4.78, 5) is 11.7. The maximum atomic E-state index is 11.7. The molecule has 3 rings (SSSR count). The summed E-state index contributed by atoms with van der Waals surface area (Å²) in [6.07, 6.45) is 1.53. The van der Waals surface area contributed by atoms with Gasteiger partial charge < -0.3 is 14.2 Å². The van der Waals surface area contributed by atoms with Crippen molar-refractivity contribution >= 4 is 28.1 Å². The van der Waals surface area contributed by atoms with Gasteiger partial charge in [-0.25, -0.2) is 5.43 Å². The Labute approximate surface area is 141 Å². The van der Waals surface area contributed by atoms with Crippen molar-refractivity contribution in [1.82, 2.24) is 5.43 Å². The van der Waals surface area contributed by atoms with E-state index in [0.717, 1.165) is 10.0 Å². The van der Waals surface area contributed by atoms with Gasteiger partial charge in [0.2, 0.25) is 6.79 Å². The van der Waals surface area contributed by atoms with Gasteiger partial charge in [0, 0.05) is 4.47 Å². The molecule has 6 nitrogen and oxygen atoms in total. The number of carbonyl (C=O) groups excluding carboxylic acids is 1. The average Bonchev–Trinajstić information content (AvgIpc) is 3.01. The lowest BCUT2D eigenvalue weighted by Gasteiger charge is -2.05. The Kier molecular flexibility index (Phi) is 4.77. The van der Waals surface area contributed by atoms with Crippen LogP contribution in [0.3, 0.4) is 0 Å². The van der Waals surface area contributed by atoms with Crippen molar-refractivity contribution in [3.05, 3.63) is 52.5 Å². The van der Waals surface area contributed by atoms with Crippen LogP contribution in [0, 0.1) is 0 Å². The van der Waals surface area contributed by atoms with Crippen LogP contribution < -0.4 is 19.6 Å². The molecule has 1 amide bonds. The number of amides is 1. The number of carbonyl (C=O) groups is 1. The number of hydrogen-bond acceptors (Lipinski definition) is 5. The number of nitrogens with zero attached hydrogens (tertiary/aromatic N) is 1. The minimum absolute atomic E-state index is 0.116. The maximum Gasteiger partial charge on any atom is 0.277 e. The third-order valence-electron chi connectivity index (χ3n) is 2.97. The molecular formula is C16H13BrN2O4. The molecule has 118 valence electrons. The molecule has 1 aliphatic rings. The normalized spacial score (nSPS) is 12.4.